The van der Waals surface area contributed by atoms with Crippen molar-refractivity contribution in [3.8, 4) is 0 Å². The highest BCUT2D eigenvalue weighted by molar-refractivity contribution is 5.83. The summed E-state index contributed by atoms with van der Waals surface area (Å²) >= 11 is 0. The molecule has 0 radical (unpaired) electrons. The standard InChI is InChI=1S/C17H25N3/c1-12-11-20-15(9-10-18-16(20)19-12)13-5-7-14(8-6-13)17(2,3)4/h5-8,12,15H,9-11H2,1-4H3,(H,18,19). The van der Waals surface area contributed by atoms with Gasteiger partial charge in [0.25, 0.3) is 0 Å². The van der Waals surface area contributed by atoms with Crippen LogP contribution in [0.3, 0.4) is 0 Å². The maximum Gasteiger partial charge on any atom is 0.194 e. The first kappa shape index (κ1) is 13.5. The fourth-order valence-corrected chi connectivity index (χ4v) is 3.14. The molecule has 0 saturated carbocycles. The second-order valence-electron chi connectivity index (χ2n) is 7.08. The Labute approximate surface area is 122 Å². The SMILES string of the molecule is CC1CN2C(=NCCC2c2ccc(C(C)(C)C)cc2)N1. The van der Waals surface area contributed by atoms with Crippen molar-refractivity contribution < 1.29 is 0 Å². The van der Waals surface area contributed by atoms with Gasteiger partial charge in [-0.25, -0.2) is 0 Å². The van der Waals surface area contributed by atoms with E-state index in [-0.39, 0.29) is 5.41 Å². The van der Waals surface area contributed by atoms with Crippen molar-refractivity contribution >= 4 is 5.96 Å². The molecule has 0 aliphatic carbocycles. The molecule has 3 nitrogen and oxygen atoms in total. The molecule has 2 atom stereocenters. The second-order valence-corrected chi connectivity index (χ2v) is 7.08. The van der Waals surface area contributed by atoms with Crippen molar-refractivity contribution in [3.63, 3.8) is 0 Å². The molecule has 0 spiro atoms. The van der Waals surface area contributed by atoms with E-state index in [0.717, 1.165) is 25.5 Å². The fourth-order valence-electron chi connectivity index (χ4n) is 3.14. The van der Waals surface area contributed by atoms with E-state index in [1.165, 1.54) is 11.1 Å². The molecule has 3 rings (SSSR count). The highest BCUT2D eigenvalue weighted by Crippen LogP contribution is 2.31. The van der Waals surface area contributed by atoms with Gasteiger partial charge in [-0.2, -0.15) is 0 Å². The third-order valence-corrected chi connectivity index (χ3v) is 4.32. The Kier molecular flexibility index (Phi) is 3.23. The van der Waals surface area contributed by atoms with Crippen LogP contribution in [0, 0.1) is 0 Å². The molecule has 3 heteroatoms. The number of hydrogen-bond acceptors (Lipinski definition) is 3. The van der Waals surface area contributed by atoms with Gasteiger partial charge in [-0.05, 0) is 29.9 Å². The van der Waals surface area contributed by atoms with E-state index in [9.17, 15) is 0 Å². The first-order chi connectivity index (χ1) is 9.45. The number of rotatable bonds is 1. The topological polar surface area (TPSA) is 27.6 Å². The lowest BCUT2D eigenvalue weighted by molar-refractivity contribution is 0.305. The number of hydrogen-bond donors (Lipinski definition) is 1. The van der Waals surface area contributed by atoms with Crippen LogP contribution in [0.2, 0.25) is 0 Å². The van der Waals surface area contributed by atoms with Gasteiger partial charge < -0.3 is 10.2 Å². The van der Waals surface area contributed by atoms with E-state index in [4.69, 9.17) is 0 Å². The predicted molar refractivity (Wildman–Crippen MR) is 84.1 cm³/mol. The maximum atomic E-state index is 4.61. The van der Waals surface area contributed by atoms with Crippen LogP contribution in [0.15, 0.2) is 29.3 Å². The maximum absolute atomic E-state index is 4.61. The van der Waals surface area contributed by atoms with Gasteiger partial charge in [0, 0.05) is 19.1 Å². The van der Waals surface area contributed by atoms with Gasteiger partial charge in [0.05, 0.1) is 6.04 Å². The van der Waals surface area contributed by atoms with Gasteiger partial charge in [-0.3, -0.25) is 4.99 Å². The monoisotopic (exact) mass is 271 g/mol. The van der Waals surface area contributed by atoms with Gasteiger partial charge in [-0.1, -0.05) is 45.0 Å². The minimum atomic E-state index is 0.224. The van der Waals surface area contributed by atoms with Crippen LogP contribution in [0.4, 0.5) is 0 Å². The summed E-state index contributed by atoms with van der Waals surface area (Å²) in [5, 5.41) is 3.47. The van der Waals surface area contributed by atoms with E-state index in [1.54, 1.807) is 0 Å². The predicted octanol–water partition coefficient (Wildman–Crippen LogP) is 3.08. The average molecular weight is 271 g/mol. The van der Waals surface area contributed by atoms with Crippen LogP contribution in [0.25, 0.3) is 0 Å². The fraction of sp³-hybridized carbons (Fsp3) is 0.588. The molecule has 2 unspecified atom stereocenters. The summed E-state index contributed by atoms with van der Waals surface area (Å²) in [5.41, 5.74) is 3.04. The third-order valence-electron chi connectivity index (χ3n) is 4.32. The first-order valence-electron chi connectivity index (χ1n) is 7.63. The highest BCUT2D eigenvalue weighted by atomic mass is 15.4. The quantitative estimate of drug-likeness (QED) is 0.850. The average Bonchev–Trinajstić information content (AvgIpc) is 2.78. The second kappa shape index (κ2) is 4.80. The van der Waals surface area contributed by atoms with Crippen LogP contribution < -0.4 is 5.32 Å². The number of aliphatic imine (C=N–C) groups is 1. The van der Waals surface area contributed by atoms with E-state index in [2.05, 4.69) is 67.2 Å². The number of nitrogens with zero attached hydrogens (tertiary/aromatic N) is 2. The summed E-state index contributed by atoms with van der Waals surface area (Å²) < 4.78 is 0. The zero-order chi connectivity index (χ0) is 14.3. The Hall–Kier alpha value is -1.51. The van der Waals surface area contributed by atoms with Crippen molar-refractivity contribution in [3.05, 3.63) is 35.4 Å². The molecule has 1 aromatic carbocycles. The molecule has 1 aromatic rings. The van der Waals surface area contributed by atoms with Gasteiger partial charge in [0.15, 0.2) is 5.96 Å². The Morgan fingerprint density at radius 2 is 1.90 bits per heavy atom. The summed E-state index contributed by atoms with van der Waals surface area (Å²) in [6.45, 7) is 11.0. The smallest absolute Gasteiger partial charge is 0.194 e. The van der Waals surface area contributed by atoms with Crippen LogP contribution in [-0.4, -0.2) is 30.0 Å². The molecule has 2 heterocycles. The first-order valence-corrected chi connectivity index (χ1v) is 7.63. The Morgan fingerprint density at radius 1 is 1.20 bits per heavy atom. The number of guanidine groups is 1. The Morgan fingerprint density at radius 3 is 2.55 bits per heavy atom. The van der Waals surface area contributed by atoms with Crippen LogP contribution in [0.1, 0.15) is 51.3 Å². The van der Waals surface area contributed by atoms with Gasteiger partial charge in [0.1, 0.15) is 0 Å². The number of benzene rings is 1. The number of nitrogens with one attached hydrogen (secondary N) is 1. The zero-order valence-corrected chi connectivity index (χ0v) is 13.0. The van der Waals surface area contributed by atoms with E-state index in [1.807, 2.05) is 0 Å². The zero-order valence-electron chi connectivity index (χ0n) is 13.0. The van der Waals surface area contributed by atoms with Gasteiger partial charge in [-0.15, -0.1) is 0 Å². The largest absolute Gasteiger partial charge is 0.352 e. The van der Waals surface area contributed by atoms with Crippen molar-refractivity contribution in [2.75, 3.05) is 13.1 Å². The molecule has 1 N–H and O–H groups in total. The van der Waals surface area contributed by atoms with E-state index < -0.39 is 0 Å². The lowest BCUT2D eigenvalue weighted by atomic mass is 9.86. The highest BCUT2D eigenvalue weighted by Gasteiger charge is 2.33. The summed E-state index contributed by atoms with van der Waals surface area (Å²) in [6.07, 6.45) is 1.12. The minimum Gasteiger partial charge on any atom is -0.352 e. The lowest BCUT2D eigenvalue weighted by Gasteiger charge is -2.32. The summed E-state index contributed by atoms with van der Waals surface area (Å²) in [6, 6.07) is 10.2. The molecule has 1 saturated heterocycles. The number of fused-ring (bicyclic) bond motifs is 1. The molecule has 0 amide bonds. The Balaban J connectivity index is 1.84. The summed E-state index contributed by atoms with van der Waals surface area (Å²) in [7, 11) is 0. The van der Waals surface area contributed by atoms with Crippen molar-refractivity contribution in [1.29, 1.82) is 0 Å². The molecule has 2 aliphatic heterocycles. The van der Waals surface area contributed by atoms with Crippen LogP contribution >= 0.6 is 0 Å². The molecule has 20 heavy (non-hydrogen) atoms. The van der Waals surface area contributed by atoms with E-state index >= 15 is 0 Å². The molecule has 0 bridgehead atoms. The van der Waals surface area contributed by atoms with Crippen LogP contribution in [0.5, 0.6) is 0 Å². The molecule has 2 aliphatic rings. The molecule has 0 aromatic heterocycles. The molecular formula is C17H25N3. The van der Waals surface area contributed by atoms with E-state index in [0.29, 0.717) is 12.1 Å². The van der Waals surface area contributed by atoms with Gasteiger partial charge in [0.2, 0.25) is 0 Å². The lowest BCUT2D eigenvalue weighted by Crippen LogP contribution is -2.37. The Bertz CT molecular complexity index is 510. The normalized spacial score (nSPS) is 26.0. The molecule has 108 valence electrons. The van der Waals surface area contributed by atoms with Crippen molar-refractivity contribution in [2.45, 2.75) is 51.6 Å². The molecular weight excluding hydrogens is 246 g/mol. The minimum absolute atomic E-state index is 0.224. The summed E-state index contributed by atoms with van der Waals surface area (Å²) in [5.74, 6) is 1.09. The van der Waals surface area contributed by atoms with Crippen molar-refractivity contribution in [2.24, 2.45) is 4.99 Å². The summed E-state index contributed by atoms with van der Waals surface area (Å²) in [4.78, 5) is 7.04. The molecule has 1 fully saturated rings. The van der Waals surface area contributed by atoms with Crippen LogP contribution in [-0.2, 0) is 5.41 Å². The third kappa shape index (κ3) is 2.41. The van der Waals surface area contributed by atoms with Gasteiger partial charge >= 0.3 is 0 Å². The van der Waals surface area contributed by atoms with Crippen molar-refractivity contribution in [1.82, 2.24) is 10.2 Å².